The van der Waals surface area contributed by atoms with Gasteiger partial charge in [0.1, 0.15) is 0 Å². The van der Waals surface area contributed by atoms with Crippen LogP contribution in [0.15, 0.2) is 54.9 Å². The molecule has 1 unspecified atom stereocenters. The van der Waals surface area contributed by atoms with Gasteiger partial charge in [0.15, 0.2) is 0 Å². The minimum absolute atomic E-state index is 0.254. The number of aromatic nitrogens is 1. The Morgan fingerprint density at radius 3 is 2.35 bits per heavy atom. The lowest BCUT2D eigenvalue weighted by molar-refractivity contribution is 0.590. The third-order valence-corrected chi connectivity index (χ3v) is 5.46. The van der Waals surface area contributed by atoms with Gasteiger partial charge in [0, 0.05) is 23.7 Å². The summed E-state index contributed by atoms with van der Waals surface area (Å²) in [6.45, 7) is 1.07. The number of nitrogens with one attached hydrogen (secondary N) is 1. The highest BCUT2D eigenvalue weighted by molar-refractivity contribution is 8.00. The Labute approximate surface area is 125 Å². The van der Waals surface area contributed by atoms with Crippen LogP contribution in [0.5, 0.6) is 0 Å². The minimum Gasteiger partial charge on any atom is -0.305 e. The molecule has 3 rings (SSSR count). The van der Waals surface area contributed by atoms with Crippen LogP contribution in [-0.2, 0) is 0 Å². The van der Waals surface area contributed by atoms with E-state index in [9.17, 15) is 0 Å². The van der Waals surface area contributed by atoms with E-state index in [1.165, 1.54) is 24.0 Å². The Kier molecular flexibility index (Phi) is 4.08. The first-order valence-electron chi connectivity index (χ1n) is 7.06. The van der Waals surface area contributed by atoms with Gasteiger partial charge >= 0.3 is 0 Å². The predicted octanol–water partition coefficient (Wildman–Crippen LogP) is 3.66. The molecule has 0 spiro atoms. The Hall–Kier alpha value is -1.32. The van der Waals surface area contributed by atoms with Crippen molar-refractivity contribution < 1.29 is 0 Å². The number of hydrogen-bond donors (Lipinski definition) is 1. The van der Waals surface area contributed by atoms with Crippen molar-refractivity contribution in [2.24, 2.45) is 0 Å². The van der Waals surface area contributed by atoms with E-state index in [0.717, 1.165) is 6.54 Å². The Bertz CT molecular complexity index is 498. The first-order chi connectivity index (χ1) is 9.83. The molecule has 2 nitrogen and oxygen atoms in total. The molecule has 1 fully saturated rings. The second-order valence-electron chi connectivity index (χ2n) is 5.39. The quantitative estimate of drug-likeness (QED) is 0.876. The Morgan fingerprint density at radius 1 is 1.10 bits per heavy atom. The van der Waals surface area contributed by atoms with Crippen molar-refractivity contribution in [3.8, 4) is 0 Å². The number of rotatable bonds is 6. The second-order valence-corrected chi connectivity index (χ2v) is 6.67. The van der Waals surface area contributed by atoms with Crippen molar-refractivity contribution in [1.82, 2.24) is 10.3 Å². The fourth-order valence-electron chi connectivity index (χ4n) is 2.51. The zero-order valence-electron chi connectivity index (χ0n) is 11.8. The molecule has 1 N–H and O–H groups in total. The molecule has 1 saturated carbocycles. The summed E-state index contributed by atoms with van der Waals surface area (Å²) in [7, 11) is 0. The van der Waals surface area contributed by atoms with Crippen LogP contribution in [0, 0.1) is 0 Å². The number of hydrogen-bond acceptors (Lipinski definition) is 3. The molecule has 1 aliphatic rings. The third kappa shape index (κ3) is 3.05. The SMILES string of the molecule is CSC1(CNC(c2ccccc2)c2ccncc2)CC1. The van der Waals surface area contributed by atoms with E-state index < -0.39 is 0 Å². The Morgan fingerprint density at radius 2 is 1.75 bits per heavy atom. The molecule has 0 aliphatic heterocycles. The first kappa shape index (κ1) is 13.7. The molecule has 1 aromatic heterocycles. The van der Waals surface area contributed by atoms with E-state index in [0.29, 0.717) is 4.75 Å². The lowest BCUT2D eigenvalue weighted by atomic mass is 9.99. The number of benzene rings is 1. The van der Waals surface area contributed by atoms with E-state index in [2.05, 4.69) is 59.0 Å². The van der Waals surface area contributed by atoms with Gasteiger partial charge < -0.3 is 5.32 Å². The van der Waals surface area contributed by atoms with Gasteiger partial charge in [-0.2, -0.15) is 11.8 Å². The zero-order valence-corrected chi connectivity index (χ0v) is 12.6. The van der Waals surface area contributed by atoms with Crippen molar-refractivity contribution in [3.05, 3.63) is 66.0 Å². The number of pyridine rings is 1. The van der Waals surface area contributed by atoms with Gasteiger partial charge in [-0.25, -0.2) is 0 Å². The van der Waals surface area contributed by atoms with Gasteiger partial charge in [0.2, 0.25) is 0 Å². The van der Waals surface area contributed by atoms with Gasteiger partial charge in [-0.05, 0) is 42.4 Å². The molecular formula is C17H20N2S. The second kappa shape index (κ2) is 5.98. The maximum Gasteiger partial charge on any atom is 0.0578 e. The van der Waals surface area contributed by atoms with Crippen LogP contribution < -0.4 is 5.32 Å². The molecule has 1 aliphatic carbocycles. The molecule has 3 heteroatoms. The molecule has 1 heterocycles. The van der Waals surface area contributed by atoms with E-state index in [1.54, 1.807) is 0 Å². The average Bonchev–Trinajstić information content (AvgIpc) is 3.30. The minimum atomic E-state index is 0.254. The monoisotopic (exact) mass is 284 g/mol. The summed E-state index contributed by atoms with van der Waals surface area (Å²) in [6, 6.07) is 15.1. The largest absolute Gasteiger partial charge is 0.305 e. The van der Waals surface area contributed by atoms with Gasteiger partial charge in [-0.3, -0.25) is 4.98 Å². The third-order valence-electron chi connectivity index (χ3n) is 4.04. The summed E-state index contributed by atoms with van der Waals surface area (Å²) < 4.78 is 0.472. The molecule has 104 valence electrons. The molecular weight excluding hydrogens is 264 g/mol. The maximum absolute atomic E-state index is 4.13. The first-order valence-corrected chi connectivity index (χ1v) is 8.29. The summed E-state index contributed by atoms with van der Waals surface area (Å²) in [5.41, 5.74) is 2.60. The molecule has 1 aromatic carbocycles. The summed E-state index contributed by atoms with van der Waals surface area (Å²) in [4.78, 5) is 4.13. The number of nitrogens with zero attached hydrogens (tertiary/aromatic N) is 1. The average molecular weight is 284 g/mol. The van der Waals surface area contributed by atoms with Crippen molar-refractivity contribution in [1.29, 1.82) is 0 Å². The number of thioether (sulfide) groups is 1. The van der Waals surface area contributed by atoms with Crippen LogP contribution in [0.2, 0.25) is 0 Å². The molecule has 0 radical (unpaired) electrons. The Balaban J connectivity index is 1.81. The fourth-order valence-corrected chi connectivity index (χ4v) is 3.25. The van der Waals surface area contributed by atoms with Crippen molar-refractivity contribution in [3.63, 3.8) is 0 Å². The molecule has 1 atom stereocenters. The fraction of sp³-hybridized carbons (Fsp3) is 0.353. The summed E-state index contributed by atoms with van der Waals surface area (Å²) in [5, 5.41) is 3.76. The van der Waals surface area contributed by atoms with Crippen LogP contribution in [0.4, 0.5) is 0 Å². The normalized spacial score (nSPS) is 17.6. The van der Waals surface area contributed by atoms with Gasteiger partial charge in [0.25, 0.3) is 0 Å². The zero-order chi connectivity index (χ0) is 13.8. The highest BCUT2D eigenvalue weighted by Gasteiger charge is 2.41. The predicted molar refractivity (Wildman–Crippen MR) is 86.0 cm³/mol. The maximum atomic E-state index is 4.13. The molecule has 0 amide bonds. The van der Waals surface area contributed by atoms with E-state index in [4.69, 9.17) is 0 Å². The van der Waals surface area contributed by atoms with Crippen LogP contribution in [0.3, 0.4) is 0 Å². The topological polar surface area (TPSA) is 24.9 Å². The highest BCUT2D eigenvalue weighted by atomic mass is 32.2. The standard InChI is InChI=1S/C17H20N2S/c1-20-17(9-10-17)13-19-16(14-5-3-2-4-6-14)15-7-11-18-12-8-15/h2-8,11-12,16,19H,9-10,13H2,1H3. The van der Waals surface area contributed by atoms with Crippen LogP contribution in [0.1, 0.15) is 30.0 Å². The molecule has 0 bridgehead atoms. The molecule has 0 saturated heterocycles. The summed E-state index contributed by atoms with van der Waals surface area (Å²) in [6.07, 6.45) is 8.62. The van der Waals surface area contributed by atoms with Crippen molar-refractivity contribution >= 4 is 11.8 Å². The lowest BCUT2D eigenvalue weighted by Crippen LogP contribution is -2.30. The van der Waals surface area contributed by atoms with Crippen molar-refractivity contribution in [2.45, 2.75) is 23.6 Å². The summed E-state index contributed by atoms with van der Waals surface area (Å²) >= 11 is 2.00. The van der Waals surface area contributed by atoms with Crippen molar-refractivity contribution in [2.75, 3.05) is 12.8 Å². The van der Waals surface area contributed by atoms with Gasteiger partial charge in [-0.1, -0.05) is 30.3 Å². The van der Waals surface area contributed by atoms with E-state index in [1.807, 2.05) is 24.2 Å². The van der Waals surface area contributed by atoms with Crippen LogP contribution >= 0.6 is 11.8 Å². The van der Waals surface area contributed by atoms with Crippen LogP contribution in [-0.4, -0.2) is 22.5 Å². The lowest BCUT2D eigenvalue weighted by Gasteiger charge is -2.22. The van der Waals surface area contributed by atoms with Gasteiger partial charge in [-0.15, -0.1) is 0 Å². The van der Waals surface area contributed by atoms with Crippen LogP contribution in [0.25, 0.3) is 0 Å². The molecule has 20 heavy (non-hydrogen) atoms. The molecule has 2 aromatic rings. The smallest absolute Gasteiger partial charge is 0.0578 e. The highest BCUT2D eigenvalue weighted by Crippen LogP contribution is 2.46. The van der Waals surface area contributed by atoms with E-state index >= 15 is 0 Å². The van der Waals surface area contributed by atoms with Gasteiger partial charge in [0.05, 0.1) is 6.04 Å². The van der Waals surface area contributed by atoms with E-state index in [-0.39, 0.29) is 6.04 Å². The summed E-state index contributed by atoms with van der Waals surface area (Å²) in [5.74, 6) is 0.